The fraction of sp³-hybridized carbons (Fsp3) is 0.143. The number of sulfonamides is 1. The van der Waals surface area contributed by atoms with E-state index >= 15 is 0 Å². The number of nitrogens with two attached hydrogens (primary N) is 1. The highest BCUT2D eigenvalue weighted by atomic mass is 79.9. The summed E-state index contributed by atoms with van der Waals surface area (Å²) in [6.45, 7) is 3.41. The Morgan fingerprint density at radius 3 is 2.48 bits per heavy atom. The molecule has 2 rings (SSSR count). The third-order valence-corrected chi connectivity index (χ3v) is 5.12. The van der Waals surface area contributed by atoms with Gasteiger partial charge in [0.25, 0.3) is 10.0 Å². The summed E-state index contributed by atoms with van der Waals surface area (Å²) in [6, 6.07) is 7.46. The van der Waals surface area contributed by atoms with E-state index in [0.29, 0.717) is 10.2 Å². The van der Waals surface area contributed by atoms with E-state index in [1.165, 1.54) is 6.92 Å². The molecule has 112 valence electrons. The van der Waals surface area contributed by atoms with Crippen molar-refractivity contribution in [2.75, 3.05) is 10.5 Å². The molecule has 0 saturated carbocycles. The Hall–Kier alpha value is -1.60. The molecule has 2 aromatic rings. The van der Waals surface area contributed by atoms with Crippen LogP contribution in [0.5, 0.6) is 0 Å². The Bertz CT molecular complexity index is 807. The van der Waals surface area contributed by atoms with Crippen LogP contribution in [0.4, 0.5) is 15.8 Å². The van der Waals surface area contributed by atoms with Crippen molar-refractivity contribution in [1.82, 2.24) is 0 Å². The predicted molar refractivity (Wildman–Crippen MR) is 85.2 cm³/mol. The molecule has 0 fully saturated rings. The van der Waals surface area contributed by atoms with Crippen LogP contribution < -0.4 is 10.5 Å². The molecule has 0 radical (unpaired) electrons. The summed E-state index contributed by atoms with van der Waals surface area (Å²) >= 11 is 3.31. The molecule has 3 N–H and O–H groups in total. The summed E-state index contributed by atoms with van der Waals surface area (Å²) in [5, 5.41) is 0. The van der Waals surface area contributed by atoms with Crippen LogP contribution in [0.1, 0.15) is 11.1 Å². The molecule has 4 nitrogen and oxygen atoms in total. The quantitative estimate of drug-likeness (QED) is 0.808. The van der Waals surface area contributed by atoms with E-state index in [0.717, 1.165) is 17.7 Å². The highest BCUT2D eigenvalue weighted by Crippen LogP contribution is 2.28. The van der Waals surface area contributed by atoms with Gasteiger partial charge in [-0.05, 0) is 65.2 Å². The fourth-order valence-electron chi connectivity index (χ4n) is 1.86. The number of benzene rings is 2. The van der Waals surface area contributed by atoms with Crippen LogP contribution in [0, 0.1) is 19.7 Å². The van der Waals surface area contributed by atoms with Gasteiger partial charge in [-0.1, -0.05) is 6.07 Å². The number of nitrogens with one attached hydrogen (secondary N) is 1. The summed E-state index contributed by atoms with van der Waals surface area (Å²) in [4.78, 5) is -0.0473. The van der Waals surface area contributed by atoms with Crippen molar-refractivity contribution in [3.8, 4) is 0 Å². The smallest absolute Gasteiger partial charge is 0.262 e. The molecule has 0 aliphatic heterocycles. The number of halogens is 2. The lowest BCUT2D eigenvalue weighted by Crippen LogP contribution is -2.15. The van der Waals surface area contributed by atoms with Crippen molar-refractivity contribution in [2.24, 2.45) is 0 Å². The molecular formula is C14H14BrFN2O2S. The second-order valence-electron chi connectivity index (χ2n) is 4.73. The van der Waals surface area contributed by atoms with Crippen molar-refractivity contribution in [1.29, 1.82) is 0 Å². The molecule has 0 bridgehead atoms. The summed E-state index contributed by atoms with van der Waals surface area (Å²) in [5.74, 6) is -0.636. The largest absolute Gasteiger partial charge is 0.396 e. The van der Waals surface area contributed by atoms with E-state index in [1.807, 2.05) is 6.92 Å². The Morgan fingerprint density at radius 1 is 1.19 bits per heavy atom. The molecule has 0 unspecified atom stereocenters. The zero-order valence-electron chi connectivity index (χ0n) is 11.4. The van der Waals surface area contributed by atoms with Crippen LogP contribution in [-0.2, 0) is 10.0 Å². The minimum Gasteiger partial charge on any atom is -0.396 e. The van der Waals surface area contributed by atoms with Gasteiger partial charge < -0.3 is 5.73 Å². The average Bonchev–Trinajstić information content (AvgIpc) is 2.37. The fourth-order valence-corrected chi connectivity index (χ4v) is 3.93. The van der Waals surface area contributed by atoms with E-state index < -0.39 is 15.8 Å². The molecule has 0 heterocycles. The van der Waals surface area contributed by atoms with E-state index in [9.17, 15) is 12.8 Å². The number of hydrogen-bond acceptors (Lipinski definition) is 3. The minimum absolute atomic E-state index is 0.0473. The highest BCUT2D eigenvalue weighted by molar-refractivity contribution is 9.10. The summed E-state index contributed by atoms with van der Waals surface area (Å²) in [7, 11) is -3.85. The molecule has 0 amide bonds. The lowest BCUT2D eigenvalue weighted by Gasteiger charge is -2.13. The van der Waals surface area contributed by atoms with Gasteiger partial charge in [-0.15, -0.1) is 0 Å². The van der Waals surface area contributed by atoms with E-state index in [-0.39, 0.29) is 16.1 Å². The molecule has 0 atom stereocenters. The second kappa shape index (κ2) is 5.65. The zero-order chi connectivity index (χ0) is 15.8. The summed E-state index contributed by atoms with van der Waals surface area (Å²) in [6.07, 6.45) is 0. The molecule has 0 saturated heterocycles. The molecule has 7 heteroatoms. The first-order chi connectivity index (χ1) is 9.70. The van der Waals surface area contributed by atoms with Gasteiger partial charge in [0.15, 0.2) is 0 Å². The molecule has 0 spiro atoms. The number of nitrogen functional groups attached to an aromatic ring is 1. The highest BCUT2D eigenvalue weighted by Gasteiger charge is 2.20. The SMILES string of the molecule is Cc1ccc(NS(=O)(=O)c2cc(N)c(F)cc2C)c(Br)c1. The maximum atomic E-state index is 13.3. The van der Waals surface area contributed by atoms with Crippen LogP contribution in [-0.4, -0.2) is 8.42 Å². The third kappa shape index (κ3) is 3.36. The summed E-state index contributed by atoms with van der Waals surface area (Å²) < 4.78 is 41.3. The van der Waals surface area contributed by atoms with Crippen LogP contribution >= 0.6 is 15.9 Å². The predicted octanol–water partition coefficient (Wildman–Crippen LogP) is 3.59. The standard InChI is InChI=1S/C14H14BrFN2O2S/c1-8-3-4-13(10(15)5-8)18-21(19,20)14-7-12(17)11(16)6-9(14)2/h3-7,18H,17H2,1-2H3. The average molecular weight is 373 g/mol. The Balaban J connectivity index is 2.46. The van der Waals surface area contributed by atoms with Gasteiger partial charge in [0.05, 0.1) is 16.3 Å². The maximum Gasteiger partial charge on any atom is 0.262 e. The van der Waals surface area contributed by atoms with Gasteiger partial charge in [-0.2, -0.15) is 0 Å². The number of anilines is 2. The summed E-state index contributed by atoms with van der Waals surface area (Å²) in [5.41, 5.74) is 6.94. The topological polar surface area (TPSA) is 72.2 Å². The van der Waals surface area contributed by atoms with E-state index in [4.69, 9.17) is 5.73 Å². The third-order valence-electron chi connectivity index (χ3n) is 2.95. The van der Waals surface area contributed by atoms with Crippen molar-refractivity contribution < 1.29 is 12.8 Å². The van der Waals surface area contributed by atoms with E-state index in [2.05, 4.69) is 20.7 Å². The second-order valence-corrected chi connectivity index (χ2v) is 7.23. The monoisotopic (exact) mass is 372 g/mol. The van der Waals surface area contributed by atoms with Crippen LogP contribution in [0.15, 0.2) is 39.7 Å². The van der Waals surface area contributed by atoms with E-state index in [1.54, 1.807) is 18.2 Å². The van der Waals surface area contributed by atoms with Gasteiger partial charge in [0.2, 0.25) is 0 Å². The van der Waals surface area contributed by atoms with Crippen LogP contribution in [0.2, 0.25) is 0 Å². The molecule has 0 aliphatic rings. The molecule has 0 aliphatic carbocycles. The molecular weight excluding hydrogens is 359 g/mol. The molecule has 21 heavy (non-hydrogen) atoms. The first-order valence-corrected chi connectivity index (χ1v) is 8.33. The lowest BCUT2D eigenvalue weighted by molar-refractivity contribution is 0.599. The lowest BCUT2D eigenvalue weighted by atomic mass is 10.2. The van der Waals surface area contributed by atoms with Gasteiger partial charge >= 0.3 is 0 Å². The number of hydrogen-bond donors (Lipinski definition) is 2. The van der Waals surface area contributed by atoms with Crippen molar-refractivity contribution in [2.45, 2.75) is 18.7 Å². The molecule has 2 aromatic carbocycles. The zero-order valence-corrected chi connectivity index (χ0v) is 13.8. The molecule has 0 aromatic heterocycles. The van der Waals surface area contributed by atoms with Crippen molar-refractivity contribution in [3.05, 3.63) is 51.7 Å². The first-order valence-electron chi connectivity index (χ1n) is 6.05. The van der Waals surface area contributed by atoms with Gasteiger partial charge in [0.1, 0.15) is 5.82 Å². The maximum absolute atomic E-state index is 13.3. The minimum atomic E-state index is -3.85. The van der Waals surface area contributed by atoms with Crippen LogP contribution in [0.3, 0.4) is 0 Å². The Kier molecular flexibility index (Phi) is 4.25. The van der Waals surface area contributed by atoms with Gasteiger partial charge in [0, 0.05) is 4.47 Å². The Labute approximate surface area is 131 Å². The van der Waals surface area contributed by atoms with Gasteiger partial charge in [-0.3, -0.25) is 4.72 Å². The number of rotatable bonds is 3. The number of aryl methyl sites for hydroxylation is 2. The van der Waals surface area contributed by atoms with Crippen molar-refractivity contribution >= 4 is 37.3 Å². The van der Waals surface area contributed by atoms with Crippen LogP contribution in [0.25, 0.3) is 0 Å². The first kappa shape index (κ1) is 15.8. The normalized spacial score (nSPS) is 11.4. The van der Waals surface area contributed by atoms with Gasteiger partial charge in [-0.25, -0.2) is 12.8 Å². The Morgan fingerprint density at radius 2 is 1.86 bits per heavy atom. The van der Waals surface area contributed by atoms with Crippen molar-refractivity contribution in [3.63, 3.8) is 0 Å².